The van der Waals surface area contributed by atoms with Gasteiger partial charge in [-0.05, 0) is 0 Å². The first kappa shape index (κ1) is 16.3. The van der Waals surface area contributed by atoms with E-state index >= 15 is 0 Å². The minimum atomic E-state index is -3.82. The molecule has 11 heteroatoms. The van der Waals surface area contributed by atoms with Crippen LogP contribution in [0.4, 0.5) is 5.82 Å². The van der Waals surface area contributed by atoms with Crippen molar-refractivity contribution in [3.8, 4) is 0 Å². The molecule has 10 nitrogen and oxygen atoms in total. The van der Waals surface area contributed by atoms with Crippen molar-refractivity contribution in [3.05, 3.63) is 12.7 Å². The third-order valence-electron chi connectivity index (χ3n) is 3.65. The third-order valence-corrected chi connectivity index (χ3v) is 4.27. The van der Waals surface area contributed by atoms with Crippen LogP contribution < -0.4 is 10.6 Å². The fraction of sp³-hybridized carbons (Fsp3) is 0.583. The van der Waals surface area contributed by atoms with E-state index in [2.05, 4.69) is 15.0 Å². The first-order valence-electron chi connectivity index (χ1n) is 6.93. The van der Waals surface area contributed by atoms with Gasteiger partial charge >= 0.3 is 0 Å². The molecule has 0 aliphatic carbocycles. The Bertz CT molecular complexity index is 747. The first-order valence-corrected chi connectivity index (χ1v) is 8.92. The smallest absolute Gasteiger partial charge is 0.167 e. The van der Waals surface area contributed by atoms with Crippen molar-refractivity contribution in [2.75, 3.05) is 26.1 Å². The number of hydrogen-bond donors (Lipinski definition) is 1. The molecule has 2 N–H and O–H groups in total. The van der Waals surface area contributed by atoms with Crippen LogP contribution in [-0.2, 0) is 18.6 Å². The largest absolute Gasteiger partial charge is 0.779 e. The second-order valence-corrected chi connectivity index (χ2v) is 7.09. The fourth-order valence-corrected chi connectivity index (χ4v) is 2.98. The molecule has 0 aromatic carbocycles. The number of rotatable bonds is 5. The van der Waals surface area contributed by atoms with E-state index in [-0.39, 0.29) is 18.5 Å². The number of fused-ring (bicyclic) bond motifs is 1. The number of aromatic nitrogens is 4. The third kappa shape index (κ3) is 3.36. The van der Waals surface area contributed by atoms with Gasteiger partial charge in [0.05, 0.1) is 19.0 Å². The van der Waals surface area contributed by atoms with Crippen molar-refractivity contribution in [2.24, 2.45) is 0 Å². The number of nitrogens with two attached hydrogens (primary N) is 1. The molecule has 1 fully saturated rings. The van der Waals surface area contributed by atoms with Gasteiger partial charge in [-0.25, -0.2) is 15.0 Å². The number of nitrogen functional groups attached to an aromatic ring is 1. The molecule has 0 bridgehead atoms. The Hall–Kier alpha value is -1.58. The van der Waals surface area contributed by atoms with Crippen LogP contribution >= 0.6 is 7.60 Å². The standard InChI is InChI=1S/C12H18N5O5P/c1-20-7-3-9(22-8(7)4-21-23(2,18)19)17-6-16-10-11(13)14-5-15-12(10)17/h5-9H,3-4H2,1-2H3,(H,18,19)(H2,13,14,15)/p-1/t7?,8-,9-/m0/s1. The maximum absolute atomic E-state index is 11.2. The van der Waals surface area contributed by atoms with Crippen molar-refractivity contribution >= 4 is 24.6 Å². The second kappa shape index (κ2) is 6.14. The van der Waals surface area contributed by atoms with Crippen LogP contribution in [0.25, 0.3) is 11.2 Å². The molecule has 0 amide bonds. The summed E-state index contributed by atoms with van der Waals surface area (Å²) in [4.78, 5) is 23.4. The summed E-state index contributed by atoms with van der Waals surface area (Å²) < 4.78 is 29.0. The molecule has 4 atom stereocenters. The predicted octanol–water partition coefficient (Wildman–Crippen LogP) is -0.0892. The van der Waals surface area contributed by atoms with E-state index < -0.39 is 19.9 Å². The molecule has 1 aliphatic rings. The zero-order valence-corrected chi connectivity index (χ0v) is 13.6. The van der Waals surface area contributed by atoms with Crippen molar-refractivity contribution in [3.63, 3.8) is 0 Å². The average Bonchev–Trinajstić information content (AvgIpc) is 3.08. The zero-order chi connectivity index (χ0) is 16.6. The van der Waals surface area contributed by atoms with Crippen LogP contribution in [-0.4, -0.2) is 52.1 Å². The Morgan fingerprint density at radius 3 is 3.00 bits per heavy atom. The van der Waals surface area contributed by atoms with Crippen LogP contribution in [0.3, 0.4) is 0 Å². The van der Waals surface area contributed by atoms with Gasteiger partial charge in [0.15, 0.2) is 11.5 Å². The number of nitrogens with zero attached hydrogens (tertiary/aromatic N) is 4. The minimum Gasteiger partial charge on any atom is -0.779 e. The Morgan fingerprint density at radius 1 is 1.52 bits per heavy atom. The lowest BCUT2D eigenvalue weighted by molar-refractivity contribution is -0.200. The highest BCUT2D eigenvalue weighted by atomic mass is 31.2. The van der Waals surface area contributed by atoms with E-state index in [0.717, 1.165) is 6.66 Å². The predicted molar refractivity (Wildman–Crippen MR) is 78.5 cm³/mol. The topological polar surface area (TPSA) is 137 Å². The van der Waals surface area contributed by atoms with Crippen LogP contribution in [0.2, 0.25) is 0 Å². The van der Waals surface area contributed by atoms with Gasteiger partial charge in [-0.3, -0.25) is 4.57 Å². The molecule has 1 saturated heterocycles. The molecule has 2 aromatic rings. The summed E-state index contributed by atoms with van der Waals surface area (Å²) in [5.74, 6) is 0.285. The maximum atomic E-state index is 11.2. The van der Waals surface area contributed by atoms with Crippen LogP contribution in [0.5, 0.6) is 0 Å². The van der Waals surface area contributed by atoms with E-state index in [0.29, 0.717) is 17.6 Å². The molecule has 2 unspecified atom stereocenters. The molecule has 3 heterocycles. The van der Waals surface area contributed by atoms with E-state index in [1.807, 2.05) is 0 Å². The summed E-state index contributed by atoms with van der Waals surface area (Å²) >= 11 is 0. The summed E-state index contributed by atoms with van der Waals surface area (Å²) in [6.45, 7) is 0.917. The summed E-state index contributed by atoms with van der Waals surface area (Å²) in [6.07, 6.45) is 2.20. The van der Waals surface area contributed by atoms with Crippen LogP contribution in [0.1, 0.15) is 12.6 Å². The molecule has 1 aliphatic heterocycles. The Morgan fingerprint density at radius 2 is 2.30 bits per heavy atom. The molecule has 0 radical (unpaired) electrons. The minimum absolute atomic E-state index is 0.101. The average molecular weight is 342 g/mol. The fourth-order valence-electron chi connectivity index (χ4n) is 2.56. The van der Waals surface area contributed by atoms with Gasteiger partial charge in [0, 0.05) is 20.2 Å². The quantitative estimate of drug-likeness (QED) is 0.739. The van der Waals surface area contributed by atoms with Gasteiger partial charge in [0.2, 0.25) is 0 Å². The van der Waals surface area contributed by atoms with Crippen molar-refractivity contribution < 1.29 is 23.5 Å². The summed E-state index contributed by atoms with van der Waals surface area (Å²) in [7, 11) is -2.28. The summed E-state index contributed by atoms with van der Waals surface area (Å²) in [6, 6.07) is 0. The number of methoxy groups -OCH3 is 1. The number of ether oxygens (including phenoxy) is 2. The monoisotopic (exact) mass is 342 g/mol. The normalized spacial score (nSPS) is 27.3. The van der Waals surface area contributed by atoms with Gasteiger partial charge in [-0.1, -0.05) is 0 Å². The molecule has 3 rings (SSSR count). The Labute approximate surface area is 132 Å². The Balaban J connectivity index is 1.81. The van der Waals surface area contributed by atoms with Crippen molar-refractivity contribution in [1.82, 2.24) is 19.5 Å². The van der Waals surface area contributed by atoms with Crippen LogP contribution in [0, 0.1) is 0 Å². The lowest BCUT2D eigenvalue weighted by Gasteiger charge is -2.23. The van der Waals surface area contributed by atoms with Crippen LogP contribution in [0.15, 0.2) is 12.7 Å². The molecular formula is C12H17N5O5P-. The first-order chi connectivity index (χ1) is 10.9. The summed E-state index contributed by atoms with van der Waals surface area (Å²) in [5, 5.41) is 0. The van der Waals surface area contributed by atoms with E-state index in [1.165, 1.54) is 13.4 Å². The van der Waals surface area contributed by atoms with E-state index in [4.69, 9.17) is 19.7 Å². The van der Waals surface area contributed by atoms with E-state index in [1.54, 1.807) is 10.9 Å². The SMILES string of the molecule is COC1C[C@@H](n2cnc3c(N)ncnc32)O[C@H]1COP(C)(=O)[O-]. The summed E-state index contributed by atoms with van der Waals surface area (Å²) in [5.41, 5.74) is 6.80. The second-order valence-electron chi connectivity index (χ2n) is 5.29. The lowest BCUT2D eigenvalue weighted by Crippen LogP contribution is -2.28. The molecule has 23 heavy (non-hydrogen) atoms. The Kier molecular flexibility index (Phi) is 4.35. The lowest BCUT2D eigenvalue weighted by atomic mass is 10.2. The van der Waals surface area contributed by atoms with E-state index in [9.17, 15) is 9.46 Å². The highest BCUT2D eigenvalue weighted by Gasteiger charge is 2.37. The number of hydrogen-bond acceptors (Lipinski definition) is 9. The number of imidazole rings is 1. The molecular weight excluding hydrogens is 325 g/mol. The maximum Gasteiger partial charge on any atom is 0.167 e. The highest BCUT2D eigenvalue weighted by Crippen LogP contribution is 2.36. The highest BCUT2D eigenvalue weighted by molar-refractivity contribution is 7.50. The molecule has 126 valence electrons. The zero-order valence-electron chi connectivity index (χ0n) is 12.7. The van der Waals surface area contributed by atoms with Crippen molar-refractivity contribution in [1.29, 1.82) is 0 Å². The van der Waals surface area contributed by atoms with Gasteiger partial charge in [0.1, 0.15) is 31.8 Å². The number of anilines is 1. The molecule has 0 saturated carbocycles. The molecule has 0 spiro atoms. The van der Waals surface area contributed by atoms with Crippen molar-refractivity contribution in [2.45, 2.75) is 24.9 Å². The van der Waals surface area contributed by atoms with Gasteiger partial charge < -0.3 is 29.2 Å². The molecule has 2 aromatic heterocycles. The van der Waals surface area contributed by atoms with Gasteiger partial charge in [0.25, 0.3) is 0 Å². The van der Waals surface area contributed by atoms with Gasteiger partial charge in [-0.15, -0.1) is 0 Å². The van der Waals surface area contributed by atoms with Gasteiger partial charge in [-0.2, -0.15) is 0 Å².